The van der Waals surface area contributed by atoms with Crippen molar-refractivity contribution in [2.45, 2.75) is 18.9 Å². The molecule has 1 aliphatic rings. The number of methoxy groups -OCH3 is 1. The van der Waals surface area contributed by atoms with E-state index < -0.39 is 0 Å². The van der Waals surface area contributed by atoms with Gasteiger partial charge in [-0.25, -0.2) is 9.37 Å². The van der Waals surface area contributed by atoms with Gasteiger partial charge in [0.2, 0.25) is 11.8 Å². The first-order valence-corrected chi connectivity index (χ1v) is 7.77. The molecule has 2 heterocycles. The summed E-state index contributed by atoms with van der Waals surface area (Å²) in [6.07, 6.45) is 1.75. The molecule has 0 amide bonds. The molecule has 1 aliphatic heterocycles. The highest BCUT2D eigenvalue weighted by atomic mass is 35.5. The van der Waals surface area contributed by atoms with E-state index in [0.717, 1.165) is 25.9 Å². The molecule has 0 atom stereocenters. The molecule has 0 spiro atoms. The van der Waals surface area contributed by atoms with Gasteiger partial charge in [-0.2, -0.15) is 4.98 Å². The fraction of sp³-hybridized carbons (Fsp3) is 0.375. The maximum Gasteiger partial charge on any atom is 0.230 e. The average molecular weight is 338 g/mol. The Labute approximate surface area is 139 Å². The van der Waals surface area contributed by atoms with E-state index in [2.05, 4.69) is 14.9 Å². The Hall–Kier alpha value is -2.08. The van der Waals surface area contributed by atoms with E-state index in [-0.39, 0.29) is 11.9 Å². The van der Waals surface area contributed by atoms with Crippen LogP contribution in [0.4, 0.5) is 10.3 Å². The lowest BCUT2D eigenvalue weighted by atomic mass is 10.1. The summed E-state index contributed by atoms with van der Waals surface area (Å²) in [5, 5.41) is 0.358. The first kappa shape index (κ1) is 15.8. The Bertz CT molecular complexity index is 661. The number of hydrogen-bond donors (Lipinski definition) is 0. The monoisotopic (exact) mass is 337 g/mol. The van der Waals surface area contributed by atoms with Crippen molar-refractivity contribution in [2.75, 3.05) is 25.1 Å². The lowest BCUT2D eigenvalue weighted by molar-refractivity contribution is 0.170. The van der Waals surface area contributed by atoms with Crippen molar-refractivity contribution in [1.82, 2.24) is 9.97 Å². The van der Waals surface area contributed by atoms with Gasteiger partial charge in [0.1, 0.15) is 22.8 Å². The molecule has 1 aromatic heterocycles. The molecule has 1 fully saturated rings. The predicted octanol–water partition coefficient (Wildman–Crippen LogP) is 3.33. The topological polar surface area (TPSA) is 47.5 Å². The van der Waals surface area contributed by atoms with Gasteiger partial charge < -0.3 is 14.4 Å². The second-order valence-corrected chi connectivity index (χ2v) is 5.68. The lowest BCUT2D eigenvalue weighted by Gasteiger charge is -2.32. The number of aromatic nitrogens is 2. The van der Waals surface area contributed by atoms with Gasteiger partial charge in [0, 0.05) is 32.0 Å². The van der Waals surface area contributed by atoms with Crippen LogP contribution in [-0.2, 0) is 0 Å². The van der Waals surface area contributed by atoms with Crippen LogP contribution in [0.25, 0.3) is 0 Å². The summed E-state index contributed by atoms with van der Waals surface area (Å²) in [6.45, 7) is 1.52. The molecule has 2 aromatic rings. The molecule has 5 nitrogen and oxygen atoms in total. The Morgan fingerprint density at radius 1 is 1.17 bits per heavy atom. The number of hydrogen-bond acceptors (Lipinski definition) is 5. The van der Waals surface area contributed by atoms with Crippen LogP contribution in [0.3, 0.4) is 0 Å². The summed E-state index contributed by atoms with van der Waals surface area (Å²) in [5.74, 6) is 1.43. The van der Waals surface area contributed by atoms with E-state index in [0.29, 0.717) is 22.7 Å². The Morgan fingerprint density at radius 2 is 1.87 bits per heavy atom. The van der Waals surface area contributed by atoms with Crippen molar-refractivity contribution < 1.29 is 13.9 Å². The van der Waals surface area contributed by atoms with E-state index in [1.54, 1.807) is 25.3 Å². The molecule has 3 rings (SSSR count). The quantitative estimate of drug-likeness (QED) is 0.801. The summed E-state index contributed by atoms with van der Waals surface area (Å²) in [4.78, 5) is 10.6. The minimum Gasteiger partial charge on any atom is -0.490 e. The smallest absolute Gasteiger partial charge is 0.230 e. The molecule has 0 N–H and O–H groups in total. The van der Waals surface area contributed by atoms with E-state index >= 15 is 0 Å². The Kier molecular flexibility index (Phi) is 4.81. The minimum atomic E-state index is -0.265. The van der Waals surface area contributed by atoms with Crippen molar-refractivity contribution in [3.8, 4) is 11.6 Å². The van der Waals surface area contributed by atoms with Crippen LogP contribution >= 0.6 is 11.6 Å². The average Bonchev–Trinajstić information content (AvgIpc) is 2.57. The van der Waals surface area contributed by atoms with Crippen LogP contribution in [0, 0.1) is 5.82 Å². The molecule has 0 radical (unpaired) electrons. The zero-order valence-corrected chi connectivity index (χ0v) is 13.5. The fourth-order valence-corrected chi connectivity index (χ4v) is 2.68. The summed E-state index contributed by atoms with van der Waals surface area (Å²) >= 11 is 5.98. The predicted molar refractivity (Wildman–Crippen MR) is 85.9 cm³/mol. The molecule has 0 aliphatic carbocycles. The maximum atomic E-state index is 12.9. The van der Waals surface area contributed by atoms with Crippen LogP contribution in [0.2, 0.25) is 5.15 Å². The number of anilines is 1. The zero-order chi connectivity index (χ0) is 16.2. The molecule has 1 saturated heterocycles. The highest BCUT2D eigenvalue weighted by Crippen LogP contribution is 2.24. The van der Waals surface area contributed by atoms with Gasteiger partial charge in [-0.3, -0.25) is 0 Å². The highest BCUT2D eigenvalue weighted by molar-refractivity contribution is 6.29. The number of ether oxygens (including phenoxy) is 2. The van der Waals surface area contributed by atoms with Crippen molar-refractivity contribution in [3.63, 3.8) is 0 Å². The van der Waals surface area contributed by atoms with Gasteiger partial charge in [0.25, 0.3) is 0 Å². The molecule has 1 aromatic carbocycles. The number of piperidine rings is 1. The van der Waals surface area contributed by atoms with Crippen LogP contribution in [-0.4, -0.2) is 36.3 Å². The molecular formula is C16H17ClFN3O2. The highest BCUT2D eigenvalue weighted by Gasteiger charge is 2.23. The Balaban J connectivity index is 1.60. The fourth-order valence-electron chi connectivity index (χ4n) is 2.51. The first-order chi connectivity index (χ1) is 11.1. The van der Waals surface area contributed by atoms with Crippen molar-refractivity contribution in [2.24, 2.45) is 0 Å². The molecule has 122 valence electrons. The lowest BCUT2D eigenvalue weighted by Crippen LogP contribution is -2.39. The zero-order valence-electron chi connectivity index (χ0n) is 12.7. The summed E-state index contributed by atoms with van der Waals surface area (Å²) in [6, 6.07) is 7.67. The van der Waals surface area contributed by atoms with Crippen LogP contribution < -0.4 is 14.4 Å². The van der Waals surface area contributed by atoms with Crippen LogP contribution in [0.1, 0.15) is 12.8 Å². The largest absolute Gasteiger partial charge is 0.490 e. The van der Waals surface area contributed by atoms with Gasteiger partial charge >= 0.3 is 0 Å². The van der Waals surface area contributed by atoms with Gasteiger partial charge in [-0.1, -0.05) is 11.6 Å². The molecule has 0 bridgehead atoms. The van der Waals surface area contributed by atoms with Crippen LogP contribution in [0.5, 0.6) is 11.6 Å². The number of rotatable bonds is 4. The number of nitrogens with zero attached hydrogens (tertiary/aromatic N) is 3. The second kappa shape index (κ2) is 7.00. The number of halogens is 2. The molecule has 23 heavy (non-hydrogen) atoms. The first-order valence-electron chi connectivity index (χ1n) is 7.40. The van der Waals surface area contributed by atoms with Crippen molar-refractivity contribution >= 4 is 17.5 Å². The minimum absolute atomic E-state index is 0.0952. The third-order valence-corrected chi connectivity index (χ3v) is 3.90. The second-order valence-electron chi connectivity index (χ2n) is 5.29. The summed E-state index contributed by atoms with van der Waals surface area (Å²) < 4.78 is 23.9. The molecular weight excluding hydrogens is 321 g/mol. The van der Waals surface area contributed by atoms with E-state index in [1.807, 2.05) is 0 Å². The third kappa shape index (κ3) is 4.01. The van der Waals surface area contributed by atoms with E-state index in [4.69, 9.17) is 21.1 Å². The maximum absolute atomic E-state index is 12.9. The van der Waals surface area contributed by atoms with Crippen molar-refractivity contribution in [1.29, 1.82) is 0 Å². The molecule has 7 heteroatoms. The van der Waals surface area contributed by atoms with E-state index in [1.165, 1.54) is 12.1 Å². The van der Waals surface area contributed by atoms with Crippen LogP contribution in [0.15, 0.2) is 30.3 Å². The summed E-state index contributed by atoms with van der Waals surface area (Å²) in [7, 11) is 1.55. The summed E-state index contributed by atoms with van der Waals surface area (Å²) in [5.41, 5.74) is 0. The van der Waals surface area contributed by atoms with E-state index in [9.17, 15) is 4.39 Å². The van der Waals surface area contributed by atoms with Gasteiger partial charge in [-0.15, -0.1) is 0 Å². The standard InChI is InChI=1S/C16H17ClFN3O2/c1-22-15-10-14(17)19-16(20-15)21-8-6-13(7-9-21)23-12-4-2-11(18)3-5-12/h2-5,10,13H,6-9H2,1H3. The van der Waals surface area contributed by atoms with Gasteiger partial charge in [0.15, 0.2) is 0 Å². The SMILES string of the molecule is COc1cc(Cl)nc(N2CCC(Oc3ccc(F)cc3)CC2)n1. The van der Waals surface area contributed by atoms with Gasteiger partial charge in [-0.05, 0) is 24.3 Å². The normalized spacial score (nSPS) is 15.5. The van der Waals surface area contributed by atoms with Crippen molar-refractivity contribution in [3.05, 3.63) is 41.3 Å². The number of benzene rings is 1. The Morgan fingerprint density at radius 3 is 2.52 bits per heavy atom. The third-order valence-electron chi connectivity index (χ3n) is 3.71. The van der Waals surface area contributed by atoms with Gasteiger partial charge in [0.05, 0.1) is 7.11 Å². The molecule has 0 unspecified atom stereocenters. The molecule has 0 saturated carbocycles.